The number of halogens is 2. The third-order valence-electron chi connectivity index (χ3n) is 2.59. The van der Waals surface area contributed by atoms with Crippen LogP contribution in [0.15, 0.2) is 28.9 Å². The number of nitrogens with one attached hydrogen (secondary N) is 1. The number of imidazole rings is 1. The number of rotatable bonds is 3. The van der Waals surface area contributed by atoms with Gasteiger partial charge in [-0.3, -0.25) is 0 Å². The second-order valence-electron chi connectivity index (χ2n) is 4.46. The van der Waals surface area contributed by atoms with Crippen molar-refractivity contribution in [1.82, 2.24) is 9.55 Å². The number of anilines is 2. The van der Waals surface area contributed by atoms with E-state index in [9.17, 15) is 0 Å². The molecule has 0 saturated carbocycles. The van der Waals surface area contributed by atoms with Gasteiger partial charge in [0.1, 0.15) is 0 Å². The van der Waals surface area contributed by atoms with Gasteiger partial charge in [-0.1, -0.05) is 11.6 Å². The molecule has 0 fully saturated rings. The highest BCUT2D eigenvalue weighted by atomic mass is 79.9. The third kappa shape index (κ3) is 2.87. The summed E-state index contributed by atoms with van der Waals surface area (Å²) in [6.45, 7) is 6.24. The van der Waals surface area contributed by atoms with Crippen molar-refractivity contribution in [1.29, 1.82) is 0 Å². The Bertz CT molecular complexity index is 563. The lowest BCUT2D eigenvalue weighted by molar-refractivity contribution is 0.607. The van der Waals surface area contributed by atoms with Crippen molar-refractivity contribution in [3.05, 3.63) is 39.6 Å². The van der Waals surface area contributed by atoms with Gasteiger partial charge in [0.25, 0.3) is 0 Å². The average Bonchev–Trinajstić information content (AvgIpc) is 2.64. The molecule has 0 aliphatic carbocycles. The normalized spacial score (nSPS) is 11.0. The maximum absolute atomic E-state index is 5.93. The fourth-order valence-corrected chi connectivity index (χ4v) is 2.50. The van der Waals surface area contributed by atoms with Gasteiger partial charge >= 0.3 is 0 Å². The zero-order chi connectivity index (χ0) is 13.3. The van der Waals surface area contributed by atoms with Gasteiger partial charge in [-0.25, -0.2) is 4.98 Å². The van der Waals surface area contributed by atoms with E-state index in [2.05, 4.69) is 44.6 Å². The number of hydrogen-bond acceptors (Lipinski definition) is 2. The molecule has 0 bridgehead atoms. The molecule has 2 aromatic rings. The van der Waals surface area contributed by atoms with Crippen LogP contribution in [0, 0.1) is 6.92 Å². The lowest BCUT2D eigenvalue weighted by Gasteiger charge is -2.13. The van der Waals surface area contributed by atoms with E-state index in [-0.39, 0.29) is 0 Å². The highest BCUT2D eigenvalue weighted by molar-refractivity contribution is 9.10. The zero-order valence-corrected chi connectivity index (χ0v) is 12.9. The van der Waals surface area contributed by atoms with Crippen molar-refractivity contribution in [3.8, 4) is 0 Å². The lowest BCUT2D eigenvalue weighted by Crippen LogP contribution is -2.05. The first-order valence-electron chi connectivity index (χ1n) is 5.75. The fraction of sp³-hybridized carbons (Fsp3) is 0.308. The zero-order valence-electron chi connectivity index (χ0n) is 10.5. The number of aryl methyl sites for hydroxylation is 1. The molecule has 0 saturated heterocycles. The lowest BCUT2D eigenvalue weighted by atomic mass is 10.3. The molecule has 3 nitrogen and oxygen atoms in total. The van der Waals surface area contributed by atoms with Crippen molar-refractivity contribution in [2.24, 2.45) is 0 Å². The molecule has 0 radical (unpaired) electrons. The summed E-state index contributed by atoms with van der Waals surface area (Å²) in [6, 6.07) is 6.00. The molecule has 0 aliphatic heterocycles. The fourth-order valence-electron chi connectivity index (χ4n) is 1.71. The van der Waals surface area contributed by atoms with E-state index in [4.69, 9.17) is 11.6 Å². The summed E-state index contributed by atoms with van der Waals surface area (Å²) < 4.78 is 3.03. The molecule has 2 rings (SSSR count). The van der Waals surface area contributed by atoms with Gasteiger partial charge in [-0.2, -0.15) is 0 Å². The second kappa shape index (κ2) is 5.33. The molecule has 5 heteroatoms. The predicted octanol–water partition coefficient (Wildman–Crippen LogP) is 4.93. The minimum atomic E-state index is 0.361. The SMILES string of the molecule is Cc1cn(C(C)C)c(Nc2ccc(Cl)cc2Br)n1. The van der Waals surface area contributed by atoms with Gasteiger partial charge in [-0.15, -0.1) is 0 Å². The number of aromatic nitrogens is 2. The summed E-state index contributed by atoms with van der Waals surface area (Å²) in [6.07, 6.45) is 2.04. The van der Waals surface area contributed by atoms with Crippen molar-refractivity contribution < 1.29 is 0 Å². The van der Waals surface area contributed by atoms with E-state index in [1.54, 1.807) is 0 Å². The van der Waals surface area contributed by atoms with E-state index in [0.717, 1.165) is 21.8 Å². The highest BCUT2D eigenvalue weighted by Gasteiger charge is 2.10. The summed E-state index contributed by atoms with van der Waals surface area (Å²) in [5.74, 6) is 0.838. The number of hydrogen-bond donors (Lipinski definition) is 1. The quantitative estimate of drug-likeness (QED) is 0.865. The summed E-state index contributed by atoms with van der Waals surface area (Å²) in [5.41, 5.74) is 1.95. The predicted molar refractivity (Wildman–Crippen MR) is 79.8 cm³/mol. The number of nitrogens with zero attached hydrogens (tertiary/aromatic N) is 2. The smallest absolute Gasteiger partial charge is 0.207 e. The summed E-state index contributed by atoms with van der Waals surface area (Å²) in [4.78, 5) is 4.49. The van der Waals surface area contributed by atoms with Crippen molar-refractivity contribution >= 4 is 39.2 Å². The standard InChI is InChI=1S/C13H15BrClN3/c1-8(2)18-7-9(3)16-13(18)17-12-5-4-10(15)6-11(12)14/h4-8H,1-3H3,(H,16,17). The first-order chi connectivity index (χ1) is 8.47. The molecule has 0 atom stereocenters. The Morgan fingerprint density at radius 1 is 1.39 bits per heavy atom. The molecule has 1 aromatic heterocycles. The van der Waals surface area contributed by atoms with Crippen LogP contribution in [0.4, 0.5) is 11.6 Å². The van der Waals surface area contributed by atoms with Gasteiger partial charge in [0, 0.05) is 21.7 Å². The van der Waals surface area contributed by atoms with Gasteiger partial charge in [-0.05, 0) is 54.9 Å². The molecule has 0 amide bonds. The topological polar surface area (TPSA) is 29.9 Å². The summed E-state index contributed by atoms with van der Waals surface area (Å²) in [5, 5.41) is 4.02. The Morgan fingerprint density at radius 2 is 2.11 bits per heavy atom. The maximum atomic E-state index is 5.93. The van der Waals surface area contributed by atoms with E-state index < -0.39 is 0 Å². The average molecular weight is 329 g/mol. The van der Waals surface area contributed by atoms with Crippen LogP contribution in [-0.4, -0.2) is 9.55 Å². The Hall–Kier alpha value is -1.000. The molecular formula is C13H15BrClN3. The van der Waals surface area contributed by atoms with Gasteiger partial charge in [0.2, 0.25) is 5.95 Å². The first-order valence-corrected chi connectivity index (χ1v) is 6.92. The van der Waals surface area contributed by atoms with E-state index in [0.29, 0.717) is 11.1 Å². The maximum Gasteiger partial charge on any atom is 0.207 e. The monoisotopic (exact) mass is 327 g/mol. The van der Waals surface area contributed by atoms with Gasteiger partial charge in [0.05, 0.1) is 11.4 Å². The van der Waals surface area contributed by atoms with Gasteiger partial charge < -0.3 is 9.88 Å². The molecule has 1 heterocycles. The molecule has 18 heavy (non-hydrogen) atoms. The van der Waals surface area contributed by atoms with Crippen LogP contribution in [0.3, 0.4) is 0 Å². The molecule has 0 unspecified atom stereocenters. The molecule has 96 valence electrons. The van der Waals surface area contributed by atoms with Crippen molar-refractivity contribution in [2.75, 3.05) is 5.32 Å². The molecular weight excluding hydrogens is 314 g/mol. The van der Waals surface area contributed by atoms with Crippen molar-refractivity contribution in [3.63, 3.8) is 0 Å². The summed E-state index contributed by atoms with van der Waals surface area (Å²) >= 11 is 9.42. The van der Waals surface area contributed by atoms with E-state index in [1.807, 2.05) is 31.3 Å². The van der Waals surface area contributed by atoms with Crippen LogP contribution >= 0.6 is 27.5 Å². The minimum absolute atomic E-state index is 0.361. The van der Waals surface area contributed by atoms with Crippen LogP contribution in [0.1, 0.15) is 25.6 Å². The van der Waals surface area contributed by atoms with Crippen LogP contribution < -0.4 is 5.32 Å². The second-order valence-corrected chi connectivity index (χ2v) is 5.75. The Kier molecular flexibility index (Phi) is 3.97. The highest BCUT2D eigenvalue weighted by Crippen LogP contribution is 2.29. The number of benzene rings is 1. The minimum Gasteiger partial charge on any atom is -0.325 e. The van der Waals surface area contributed by atoms with Crippen molar-refractivity contribution in [2.45, 2.75) is 26.8 Å². The van der Waals surface area contributed by atoms with E-state index >= 15 is 0 Å². The van der Waals surface area contributed by atoms with Crippen LogP contribution in [0.5, 0.6) is 0 Å². The largest absolute Gasteiger partial charge is 0.325 e. The first kappa shape index (κ1) is 13.4. The Balaban J connectivity index is 2.33. The molecule has 0 aliphatic rings. The van der Waals surface area contributed by atoms with Crippen LogP contribution in [-0.2, 0) is 0 Å². The van der Waals surface area contributed by atoms with Gasteiger partial charge in [0.15, 0.2) is 0 Å². The van der Waals surface area contributed by atoms with Crippen LogP contribution in [0.25, 0.3) is 0 Å². The molecule has 1 N–H and O–H groups in total. The molecule has 0 spiro atoms. The molecule has 1 aromatic carbocycles. The van der Waals surface area contributed by atoms with Crippen LogP contribution in [0.2, 0.25) is 5.02 Å². The van der Waals surface area contributed by atoms with E-state index in [1.165, 1.54) is 0 Å². The Morgan fingerprint density at radius 3 is 2.72 bits per heavy atom. The third-order valence-corrected chi connectivity index (χ3v) is 3.48. The summed E-state index contributed by atoms with van der Waals surface area (Å²) in [7, 11) is 0. The Labute approximate surface area is 120 Å².